The van der Waals surface area contributed by atoms with Crippen molar-refractivity contribution in [1.82, 2.24) is 9.55 Å². The molecule has 3 aromatic rings. The number of hydrogen-bond acceptors (Lipinski definition) is 5. The van der Waals surface area contributed by atoms with Crippen LogP contribution in [-0.4, -0.2) is 16.7 Å². The van der Waals surface area contributed by atoms with E-state index in [4.69, 9.17) is 10.00 Å². The number of hydrogen-bond donors (Lipinski definition) is 0. The van der Waals surface area contributed by atoms with Crippen molar-refractivity contribution < 1.29 is 4.74 Å². The third-order valence-electron chi connectivity index (χ3n) is 3.71. The van der Waals surface area contributed by atoms with E-state index in [-0.39, 0.29) is 11.1 Å². The summed E-state index contributed by atoms with van der Waals surface area (Å²) >= 11 is 1.50. The topological polar surface area (TPSA) is 67.9 Å². The first kappa shape index (κ1) is 16.0. The molecule has 0 aliphatic heterocycles. The molecule has 0 radical (unpaired) electrons. The van der Waals surface area contributed by atoms with Crippen LogP contribution < -0.4 is 10.3 Å². The second kappa shape index (κ2) is 6.69. The summed E-state index contributed by atoms with van der Waals surface area (Å²) in [6.45, 7) is 2.09. The standard InChI is InChI=1S/C18H15N3O2S/c1-12-7-8-21(18(22)15(12)9-19)10-13-11-24-17(20-13)14-5-3-4-6-16(14)23-2/h3-8,11H,10H2,1-2H3. The third kappa shape index (κ3) is 2.94. The van der Waals surface area contributed by atoms with Crippen molar-refractivity contribution in [3.05, 3.63) is 69.1 Å². The maximum Gasteiger partial charge on any atom is 0.269 e. The summed E-state index contributed by atoms with van der Waals surface area (Å²) in [5.74, 6) is 0.762. The van der Waals surface area contributed by atoms with Gasteiger partial charge in [0.1, 0.15) is 22.4 Å². The Kier molecular flexibility index (Phi) is 4.45. The van der Waals surface area contributed by atoms with Crippen molar-refractivity contribution in [2.45, 2.75) is 13.5 Å². The molecular weight excluding hydrogens is 322 g/mol. The molecule has 6 heteroatoms. The van der Waals surface area contributed by atoms with Crippen molar-refractivity contribution in [2.24, 2.45) is 0 Å². The molecule has 0 amide bonds. The quantitative estimate of drug-likeness (QED) is 0.733. The average Bonchev–Trinajstić information content (AvgIpc) is 3.06. The summed E-state index contributed by atoms with van der Waals surface area (Å²) in [5, 5.41) is 11.9. The Labute approximate surface area is 143 Å². The van der Waals surface area contributed by atoms with Gasteiger partial charge in [-0.2, -0.15) is 5.26 Å². The maximum absolute atomic E-state index is 12.3. The van der Waals surface area contributed by atoms with Crippen LogP contribution in [0.4, 0.5) is 0 Å². The predicted octanol–water partition coefficient (Wildman–Crippen LogP) is 3.21. The Balaban J connectivity index is 1.93. The predicted molar refractivity (Wildman–Crippen MR) is 93.4 cm³/mol. The molecule has 2 heterocycles. The minimum atomic E-state index is -0.288. The van der Waals surface area contributed by atoms with E-state index in [0.29, 0.717) is 12.1 Å². The van der Waals surface area contributed by atoms with Crippen LogP contribution in [0, 0.1) is 18.3 Å². The highest BCUT2D eigenvalue weighted by molar-refractivity contribution is 7.13. The monoisotopic (exact) mass is 337 g/mol. The highest BCUT2D eigenvalue weighted by Gasteiger charge is 2.12. The zero-order chi connectivity index (χ0) is 17.1. The van der Waals surface area contributed by atoms with E-state index < -0.39 is 0 Å². The zero-order valence-electron chi connectivity index (χ0n) is 13.3. The van der Waals surface area contributed by atoms with Gasteiger partial charge in [-0.05, 0) is 30.7 Å². The molecule has 0 saturated heterocycles. The number of aryl methyl sites for hydroxylation is 1. The number of thiazole rings is 1. The molecule has 2 aromatic heterocycles. The van der Waals surface area contributed by atoms with E-state index in [1.807, 2.05) is 35.7 Å². The van der Waals surface area contributed by atoms with Crippen molar-refractivity contribution in [3.8, 4) is 22.4 Å². The van der Waals surface area contributed by atoms with E-state index in [2.05, 4.69) is 4.98 Å². The molecule has 0 atom stereocenters. The number of pyridine rings is 1. The van der Waals surface area contributed by atoms with Gasteiger partial charge in [0.2, 0.25) is 0 Å². The van der Waals surface area contributed by atoms with E-state index in [9.17, 15) is 4.79 Å². The largest absolute Gasteiger partial charge is 0.496 e. The number of benzene rings is 1. The summed E-state index contributed by atoms with van der Waals surface area (Å²) in [5.41, 5.74) is 2.27. The molecule has 0 aliphatic rings. The molecule has 0 saturated carbocycles. The van der Waals surface area contributed by atoms with Gasteiger partial charge < -0.3 is 9.30 Å². The van der Waals surface area contributed by atoms with Crippen molar-refractivity contribution in [1.29, 1.82) is 5.26 Å². The second-order valence-electron chi connectivity index (χ2n) is 5.26. The van der Waals surface area contributed by atoms with Gasteiger partial charge in [-0.15, -0.1) is 11.3 Å². The SMILES string of the molecule is COc1ccccc1-c1nc(Cn2ccc(C)c(C#N)c2=O)cs1. The Morgan fingerprint density at radius 1 is 1.33 bits per heavy atom. The van der Waals surface area contributed by atoms with Gasteiger partial charge in [-0.3, -0.25) is 4.79 Å². The number of methoxy groups -OCH3 is 1. The lowest BCUT2D eigenvalue weighted by molar-refractivity contribution is 0.416. The van der Waals surface area contributed by atoms with E-state index in [1.165, 1.54) is 15.9 Å². The molecule has 1 aromatic carbocycles. The Morgan fingerprint density at radius 2 is 2.12 bits per heavy atom. The first-order chi connectivity index (χ1) is 11.6. The van der Waals surface area contributed by atoms with E-state index in [0.717, 1.165) is 22.0 Å². The molecule has 0 bridgehead atoms. The molecule has 0 fully saturated rings. The van der Waals surface area contributed by atoms with Crippen LogP contribution in [0.5, 0.6) is 5.75 Å². The van der Waals surface area contributed by atoms with E-state index in [1.54, 1.807) is 26.3 Å². The lowest BCUT2D eigenvalue weighted by atomic mass is 10.2. The Hall–Kier alpha value is -2.91. The van der Waals surface area contributed by atoms with Crippen LogP contribution in [0.2, 0.25) is 0 Å². The first-order valence-electron chi connectivity index (χ1n) is 7.32. The lowest BCUT2D eigenvalue weighted by Gasteiger charge is -2.06. The molecule has 5 nitrogen and oxygen atoms in total. The summed E-state index contributed by atoms with van der Waals surface area (Å²) < 4.78 is 6.87. The smallest absolute Gasteiger partial charge is 0.269 e. The van der Waals surface area contributed by atoms with Gasteiger partial charge >= 0.3 is 0 Å². The highest BCUT2D eigenvalue weighted by atomic mass is 32.1. The van der Waals surface area contributed by atoms with Crippen LogP contribution in [0.25, 0.3) is 10.6 Å². The molecule has 0 spiro atoms. The summed E-state index contributed by atoms with van der Waals surface area (Å²) in [7, 11) is 1.63. The molecule has 0 unspecified atom stereocenters. The minimum absolute atomic E-state index is 0.178. The highest BCUT2D eigenvalue weighted by Crippen LogP contribution is 2.31. The van der Waals surface area contributed by atoms with Gasteiger partial charge in [0, 0.05) is 11.6 Å². The van der Waals surface area contributed by atoms with Crippen molar-refractivity contribution in [3.63, 3.8) is 0 Å². The van der Waals surface area contributed by atoms with Crippen LogP contribution >= 0.6 is 11.3 Å². The fourth-order valence-corrected chi connectivity index (χ4v) is 3.27. The summed E-state index contributed by atoms with van der Waals surface area (Å²) in [6.07, 6.45) is 1.70. The molecule has 120 valence electrons. The number of rotatable bonds is 4. The number of ether oxygens (including phenoxy) is 1. The number of nitriles is 1. The van der Waals surface area contributed by atoms with Crippen LogP contribution in [-0.2, 0) is 6.54 Å². The average molecular weight is 337 g/mol. The Morgan fingerprint density at radius 3 is 2.88 bits per heavy atom. The molecule has 3 rings (SSSR count). The number of nitrogens with zero attached hydrogens (tertiary/aromatic N) is 3. The maximum atomic E-state index is 12.3. The second-order valence-corrected chi connectivity index (χ2v) is 6.12. The van der Waals surface area contributed by atoms with Crippen LogP contribution in [0.3, 0.4) is 0 Å². The van der Waals surface area contributed by atoms with Crippen molar-refractivity contribution >= 4 is 11.3 Å². The van der Waals surface area contributed by atoms with Gasteiger partial charge in [-0.1, -0.05) is 12.1 Å². The van der Waals surface area contributed by atoms with Crippen LogP contribution in [0.15, 0.2) is 46.7 Å². The lowest BCUT2D eigenvalue weighted by Crippen LogP contribution is -2.23. The van der Waals surface area contributed by atoms with Gasteiger partial charge in [-0.25, -0.2) is 4.98 Å². The van der Waals surface area contributed by atoms with Gasteiger partial charge in [0.05, 0.1) is 24.9 Å². The third-order valence-corrected chi connectivity index (χ3v) is 4.63. The summed E-state index contributed by atoms with van der Waals surface area (Å²) in [4.78, 5) is 16.9. The molecular formula is C18H15N3O2S. The first-order valence-corrected chi connectivity index (χ1v) is 8.20. The normalized spacial score (nSPS) is 10.4. The fraction of sp³-hybridized carbons (Fsp3) is 0.167. The Bertz CT molecular complexity index is 982. The summed E-state index contributed by atoms with van der Waals surface area (Å²) in [6, 6.07) is 11.4. The number of para-hydroxylation sites is 1. The van der Waals surface area contributed by atoms with E-state index >= 15 is 0 Å². The molecule has 0 N–H and O–H groups in total. The van der Waals surface area contributed by atoms with Gasteiger partial charge in [0.15, 0.2) is 0 Å². The minimum Gasteiger partial charge on any atom is -0.496 e. The fourth-order valence-electron chi connectivity index (χ4n) is 2.42. The van der Waals surface area contributed by atoms with Crippen LogP contribution in [0.1, 0.15) is 16.8 Å². The zero-order valence-corrected chi connectivity index (χ0v) is 14.1. The van der Waals surface area contributed by atoms with Crippen molar-refractivity contribution in [2.75, 3.05) is 7.11 Å². The van der Waals surface area contributed by atoms with Gasteiger partial charge in [0.25, 0.3) is 5.56 Å². The number of aromatic nitrogens is 2. The molecule has 24 heavy (non-hydrogen) atoms. The molecule has 0 aliphatic carbocycles.